The molecule has 0 aliphatic carbocycles. The molecule has 4 rings (SSSR count). The second kappa shape index (κ2) is 5.75. The molecule has 3 aliphatic rings. The minimum atomic E-state index is -0.715. The first-order chi connectivity index (χ1) is 9.72. The Morgan fingerprint density at radius 1 is 1.25 bits per heavy atom. The summed E-state index contributed by atoms with van der Waals surface area (Å²) in [5.41, 5.74) is 0.703. The number of carbonyl (C=O) groups excluding carboxylic acids is 1. The van der Waals surface area contributed by atoms with Crippen LogP contribution in [0, 0.1) is 5.92 Å². The van der Waals surface area contributed by atoms with Crippen LogP contribution in [0.4, 0.5) is 4.39 Å². The minimum absolute atomic E-state index is 0.0972. The maximum Gasteiger partial charge on any atom is 0.280 e. The number of rotatable bonds is 3. The second-order valence-electron chi connectivity index (χ2n) is 5.62. The van der Waals surface area contributed by atoms with Gasteiger partial charge in [-0.1, -0.05) is 30.3 Å². The molecule has 4 heteroatoms. The molecule has 1 N–H and O–H groups in total. The van der Waals surface area contributed by atoms with Gasteiger partial charge in [0.2, 0.25) is 0 Å². The summed E-state index contributed by atoms with van der Waals surface area (Å²) < 4.78 is 13.9. The molecular formula is C16H19FN2O. The van der Waals surface area contributed by atoms with Crippen LogP contribution >= 0.6 is 0 Å². The van der Waals surface area contributed by atoms with E-state index in [1.54, 1.807) is 12.1 Å². The summed E-state index contributed by atoms with van der Waals surface area (Å²) in [6.45, 7) is 3.08. The van der Waals surface area contributed by atoms with Crippen LogP contribution in [0.3, 0.4) is 0 Å². The molecule has 1 atom stereocenters. The minimum Gasteiger partial charge on any atom is -0.346 e. The number of amides is 1. The van der Waals surface area contributed by atoms with Crippen LogP contribution in [-0.4, -0.2) is 36.5 Å². The molecule has 2 bridgehead atoms. The van der Waals surface area contributed by atoms with Crippen LogP contribution in [0.1, 0.15) is 18.4 Å². The summed E-state index contributed by atoms with van der Waals surface area (Å²) in [6.07, 6.45) is 3.50. The molecule has 0 aromatic heterocycles. The van der Waals surface area contributed by atoms with Gasteiger partial charge < -0.3 is 10.2 Å². The molecule has 3 heterocycles. The zero-order chi connectivity index (χ0) is 13.9. The number of piperidine rings is 3. The highest BCUT2D eigenvalue weighted by molar-refractivity contribution is 5.95. The van der Waals surface area contributed by atoms with Crippen LogP contribution in [0.25, 0.3) is 6.08 Å². The Labute approximate surface area is 118 Å². The van der Waals surface area contributed by atoms with E-state index in [-0.39, 0.29) is 6.04 Å². The van der Waals surface area contributed by atoms with Crippen molar-refractivity contribution in [3.05, 3.63) is 41.7 Å². The summed E-state index contributed by atoms with van der Waals surface area (Å²) in [7, 11) is 0. The monoisotopic (exact) mass is 274 g/mol. The first-order valence-electron chi connectivity index (χ1n) is 7.18. The third-order valence-electron chi connectivity index (χ3n) is 4.28. The summed E-state index contributed by atoms with van der Waals surface area (Å²) in [4.78, 5) is 14.3. The Morgan fingerprint density at radius 2 is 1.95 bits per heavy atom. The van der Waals surface area contributed by atoms with E-state index in [1.807, 2.05) is 18.2 Å². The first kappa shape index (κ1) is 13.3. The van der Waals surface area contributed by atoms with Gasteiger partial charge >= 0.3 is 0 Å². The Morgan fingerprint density at radius 3 is 2.55 bits per heavy atom. The van der Waals surface area contributed by atoms with Crippen molar-refractivity contribution in [3.63, 3.8) is 0 Å². The van der Waals surface area contributed by atoms with Gasteiger partial charge in [-0.25, -0.2) is 4.39 Å². The average Bonchev–Trinajstić information content (AvgIpc) is 2.49. The lowest BCUT2D eigenvalue weighted by Gasteiger charge is -2.44. The number of benzene rings is 1. The molecule has 0 unspecified atom stereocenters. The van der Waals surface area contributed by atoms with Gasteiger partial charge in [0.15, 0.2) is 5.83 Å². The zero-order valence-corrected chi connectivity index (χ0v) is 11.4. The van der Waals surface area contributed by atoms with Crippen molar-refractivity contribution < 1.29 is 9.18 Å². The van der Waals surface area contributed by atoms with E-state index < -0.39 is 11.7 Å². The van der Waals surface area contributed by atoms with Crippen LogP contribution in [0.2, 0.25) is 0 Å². The maximum absolute atomic E-state index is 13.9. The van der Waals surface area contributed by atoms with Gasteiger partial charge in [-0.05, 0) is 43.5 Å². The third kappa shape index (κ3) is 2.90. The smallest absolute Gasteiger partial charge is 0.280 e. The molecule has 3 saturated heterocycles. The molecule has 1 aromatic rings. The maximum atomic E-state index is 13.9. The number of halogens is 1. The summed E-state index contributed by atoms with van der Waals surface area (Å²) in [5, 5.41) is 2.85. The SMILES string of the molecule is O=C(N[C@H]1CN2CCC1CC2)/C(F)=C/c1ccccc1. The van der Waals surface area contributed by atoms with E-state index in [2.05, 4.69) is 10.2 Å². The number of carbonyl (C=O) groups is 1. The van der Waals surface area contributed by atoms with E-state index in [0.29, 0.717) is 11.5 Å². The topological polar surface area (TPSA) is 32.3 Å². The lowest BCUT2D eigenvalue weighted by molar-refractivity contribution is -0.120. The molecule has 1 amide bonds. The Balaban J connectivity index is 1.63. The average molecular weight is 274 g/mol. The zero-order valence-electron chi connectivity index (χ0n) is 11.4. The van der Waals surface area contributed by atoms with E-state index in [1.165, 1.54) is 6.08 Å². The normalized spacial score (nSPS) is 29.2. The molecule has 3 aliphatic heterocycles. The second-order valence-corrected chi connectivity index (χ2v) is 5.62. The van der Waals surface area contributed by atoms with Gasteiger partial charge in [-0.15, -0.1) is 0 Å². The molecule has 106 valence electrons. The fourth-order valence-corrected chi connectivity index (χ4v) is 3.13. The van der Waals surface area contributed by atoms with E-state index in [9.17, 15) is 9.18 Å². The Hall–Kier alpha value is -1.68. The fraction of sp³-hybridized carbons (Fsp3) is 0.438. The van der Waals surface area contributed by atoms with Crippen molar-refractivity contribution in [2.75, 3.05) is 19.6 Å². The number of nitrogens with one attached hydrogen (secondary N) is 1. The molecule has 3 nitrogen and oxygen atoms in total. The molecule has 0 radical (unpaired) electrons. The quantitative estimate of drug-likeness (QED) is 0.857. The molecule has 20 heavy (non-hydrogen) atoms. The van der Waals surface area contributed by atoms with Crippen molar-refractivity contribution in [1.82, 2.24) is 10.2 Å². The molecule has 1 aromatic carbocycles. The van der Waals surface area contributed by atoms with Crippen molar-refractivity contribution in [2.45, 2.75) is 18.9 Å². The summed E-state index contributed by atoms with van der Waals surface area (Å²) in [6, 6.07) is 9.17. The van der Waals surface area contributed by atoms with Crippen molar-refractivity contribution in [2.24, 2.45) is 5.92 Å². The molecule has 3 fully saturated rings. The lowest BCUT2D eigenvalue weighted by atomic mass is 9.84. The summed E-state index contributed by atoms with van der Waals surface area (Å²) in [5.74, 6) is -0.797. The first-order valence-corrected chi connectivity index (χ1v) is 7.18. The van der Waals surface area contributed by atoms with Gasteiger partial charge in [-0.3, -0.25) is 4.79 Å². The van der Waals surface area contributed by atoms with E-state index in [0.717, 1.165) is 32.5 Å². The Bertz CT molecular complexity index is 506. The van der Waals surface area contributed by atoms with Gasteiger partial charge in [0.05, 0.1) is 0 Å². The largest absolute Gasteiger partial charge is 0.346 e. The van der Waals surface area contributed by atoms with Crippen LogP contribution in [0.5, 0.6) is 0 Å². The number of fused-ring (bicyclic) bond motifs is 3. The van der Waals surface area contributed by atoms with Gasteiger partial charge in [0.1, 0.15) is 0 Å². The van der Waals surface area contributed by atoms with Crippen LogP contribution in [0.15, 0.2) is 36.2 Å². The van der Waals surface area contributed by atoms with Crippen LogP contribution in [-0.2, 0) is 4.79 Å². The predicted octanol–water partition coefficient (Wildman–Crippen LogP) is 2.21. The predicted molar refractivity (Wildman–Crippen MR) is 76.6 cm³/mol. The van der Waals surface area contributed by atoms with Gasteiger partial charge in [0, 0.05) is 12.6 Å². The van der Waals surface area contributed by atoms with E-state index in [4.69, 9.17) is 0 Å². The third-order valence-corrected chi connectivity index (χ3v) is 4.28. The van der Waals surface area contributed by atoms with Gasteiger partial charge in [0.25, 0.3) is 5.91 Å². The molecular weight excluding hydrogens is 255 g/mol. The molecule has 0 saturated carbocycles. The fourth-order valence-electron chi connectivity index (χ4n) is 3.13. The van der Waals surface area contributed by atoms with E-state index >= 15 is 0 Å². The summed E-state index contributed by atoms with van der Waals surface area (Å²) >= 11 is 0. The number of nitrogens with zero attached hydrogens (tertiary/aromatic N) is 1. The number of hydrogen-bond donors (Lipinski definition) is 1. The lowest BCUT2D eigenvalue weighted by Crippen LogP contribution is -2.57. The Kier molecular flexibility index (Phi) is 3.83. The van der Waals surface area contributed by atoms with Crippen molar-refractivity contribution in [1.29, 1.82) is 0 Å². The highest BCUT2D eigenvalue weighted by atomic mass is 19.1. The van der Waals surface area contributed by atoms with Crippen molar-refractivity contribution in [3.8, 4) is 0 Å². The highest BCUT2D eigenvalue weighted by Crippen LogP contribution is 2.27. The highest BCUT2D eigenvalue weighted by Gasteiger charge is 2.35. The molecule has 0 spiro atoms. The van der Waals surface area contributed by atoms with Crippen LogP contribution < -0.4 is 5.32 Å². The van der Waals surface area contributed by atoms with Gasteiger partial charge in [-0.2, -0.15) is 0 Å². The van der Waals surface area contributed by atoms with Crippen molar-refractivity contribution >= 4 is 12.0 Å². The number of hydrogen-bond acceptors (Lipinski definition) is 2. The standard InChI is InChI=1S/C16H19FN2O/c17-14(10-12-4-2-1-3-5-12)16(20)18-15-11-19-8-6-13(15)7-9-19/h1-5,10,13,15H,6-9,11H2,(H,18,20)/b14-10-/t15-/m0/s1.